The highest BCUT2D eigenvalue weighted by atomic mass is 16.5. The molecular formula is C22H22N2O4. The van der Waals surface area contributed by atoms with Crippen LogP contribution in [0.15, 0.2) is 59.7 Å². The highest BCUT2D eigenvalue weighted by Crippen LogP contribution is 2.28. The van der Waals surface area contributed by atoms with Gasteiger partial charge in [-0.05, 0) is 42.0 Å². The van der Waals surface area contributed by atoms with E-state index in [2.05, 4.69) is 10.5 Å². The van der Waals surface area contributed by atoms with Crippen molar-refractivity contribution in [3.63, 3.8) is 0 Å². The molecule has 6 heteroatoms. The van der Waals surface area contributed by atoms with Crippen LogP contribution in [0.4, 0.5) is 0 Å². The maximum absolute atomic E-state index is 12.4. The standard InChI is InChI=1S/C22H22N2O4/c1-4-28-19-11-9-15-7-5-6-8-17(15)18(19)14-23-24-22(25)16-10-12-20(26-2)21(13-16)27-3/h5-14H,4H2,1-3H3,(H,24,25)/b23-14-. The van der Waals surface area contributed by atoms with Crippen LogP contribution in [0.25, 0.3) is 10.8 Å². The average molecular weight is 378 g/mol. The van der Waals surface area contributed by atoms with E-state index in [1.54, 1.807) is 31.5 Å². The van der Waals surface area contributed by atoms with Crippen LogP contribution in [0.1, 0.15) is 22.8 Å². The zero-order valence-electron chi connectivity index (χ0n) is 16.1. The van der Waals surface area contributed by atoms with Crippen molar-refractivity contribution in [2.75, 3.05) is 20.8 Å². The molecule has 0 fully saturated rings. The Morgan fingerprint density at radius 3 is 2.50 bits per heavy atom. The molecule has 0 saturated carbocycles. The van der Waals surface area contributed by atoms with E-state index < -0.39 is 0 Å². The number of fused-ring (bicyclic) bond motifs is 1. The minimum atomic E-state index is -0.351. The molecule has 144 valence electrons. The van der Waals surface area contributed by atoms with Gasteiger partial charge in [0.15, 0.2) is 11.5 Å². The minimum absolute atomic E-state index is 0.351. The second kappa shape index (κ2) is 8.90. The maximum atomic E-state index is 12.4. The fraction of sp³-hybridized carbons (Fsp3) is 0.182. The summed E-state index contributed by atoms with van der Waals surface area (Å²) in [6.45, 7) is 2.46. The number of hydrogen-bond donors (Lipinski definition) is 1. The number of amides is 1. The molecule has 0 radical (unpaired) electrons. The summed E-state index contributed by atoms with van der Waals surface area (Å²) in [5.74, 6) is 1.40. The van der Waals surface area contributed by atoms with Crippen LogP contribution < -0.4 is 19.6 Å². The van der Waals surface area contributed by atoms with Crippen molar-refractivity contribution in [2.24, 2.45) is 5.10 Å². The summed E-state index contributed by atoms with van der Waals surface area (Å²) in [6, 6.07) is 16.8. The SMILES string of the molecule is CCOc1ccc2ccccc2c1/C=N\NC(=O)c1ccc(OC)c(OC)c1. The smallest absolute Gasteiger partial charge is 0.271 e. The molecule has 3 rings (SSSR count). The van der Waals surface area contributed by atoms with E-state index >= 15 is 0 Å². The second-order valence-electron chi connectivity index (χ2n) is 5.90. The van der Waals surface area contributed by atoms with Gasteiger partial charge in [0.05, 0.1) is 27.0 Å². The molecule has 3 aromatic carbocycles. The molecule has 0 saturated heterocycles. The van der Waals surface area contributed by atoms with Crippen LogP contribution >= 0.6 is 0 Å². The van der Waals surface area contributed by atoms with Crippen molar-refractivity contribution in [3.05, 3.63) is 65.7 Å². The van der Waals surface area contributed by atoms with Gasteiger partial charge in [-0.3, -0.25) is 4.79 Å². The number of ether oxygens (including phenoxy) is 3. The quantitative estimate of drug-likeness (QED) is 0.498. The van der Waals surface area contributed by atoms with Crippen LogP contribution in [0.2, 0.25) is 0 Å². The molecule has 1 amide bonds. The van der Waals surface area contributed by atoms with Gasteiger partial charge in [0.25, 0.3) is 5.91 Å². The highest BCUT2D eigenvalue weighted by molar-refractivity contribution is 6.03. The third-order valence-electron chi connectivity index (χ3n) is 4.24. The van der Waals surface area contributed by atoms with Crippen LogP contribution in [-0.4, -0.2) is 32.9 Å². The molecule has 0 spiro atoms. The fourth-order valence-electron chi connectivity index (χ4n) is 2.89. The molecule has 3 aromatic rings. The number of carbonyl (C=O) groups excluding carboxylic acids is 1. The largest absolute Gasteiger partial charge is 0.493 e. The molecule has 6 nitrogen and oxygen atoms in total. The van der Waals surface area contributed by atoms with Crippen LogP contribution in [0.5, 0.6) is 17.2 Å². The topological polar surface area (TPSA) is 69.2 Å². The number of rotatable bonds is 7. The third kappa shape index (κ3) is 4.06. The number of nitrogens with one attached hydrogen (secondary N) is 1. The van der Waals surface area contributed by atoms with Crippen molar-refractivity contribution >= 4 is 22.9 Å². The normalized spacial score (nSPS) is 10.8. The number of carbonyl (C=O) groups is 1. The number of benzene rings is 3. The van der Waals surface area contributed by atoms with Crippen LogP contribution in [-0.2, 0) is 0 Å². The molecule has 0 heterocycles. The van der Waals surface area contributed by atoms with Gasteiger partial charge in [-0.15, -0.1) is 0 Å². The van der Waals surface area contributed by atoms with Crippen LogP contribution in [0, 0.1) is 0 Å². The molecule has 0 unspecified atom stereocenters. The van der Waals surface area contributed by atoms with E-state index in [1.165, 1.54) is 7.11 Å². The first-order chi connectivity index (χ1) is 13.7. The summed E-state index contributed by atoms with van der Waals surface area (Å²) in [6.07, 6.45) is 1.60. The van der Waals surface area contributed by atoms with Gasteiger partial charge in [-0.1, -0.05) is 30.3 Å². The molecular weight excluding hydrogens is 356 g/mol. The Labute approximate surface area is 163 Å². The van der Waals surface area contributed by atoms with E-state index in [1.807, 2.05) is 43.3 Å². The van der Waals surface area contributed by atoms with E-state index in [0.717, 1.165) is 16.3 Å². The van der Waals surface area contributed by atoms with Crippen molar-refractivity contribution in [3.8, 4) is 17.2 Å². The summed E-state index contributed by atoms with van der Waals surface area (Å²) >= 11 is 0. The third-order valence-corrected chi connectivity index (χ3v) is 4.24. The van der Waals surface area contributed by atoms with E-state index in [0.29, 0.717) is 29.4 Å². The lowest BCUT2D eigenvalue weighted by molar-refractivity contribution is 0.0954. The van der Waals surface area contributed by atoms with E-state index in [9.17, 15) is 4.79 Å². The van der Waals surface area contributed by atoms with Crippen molar-refractivity contribution in [1.29, 1.82) is 0 Å². The fourth-order valence-corrected chi connectivity index (χ4v) is 2.89. The highest BCUT2D eigenvalue weighted by Gasteiger charge is 2.11. The Kier molecular flexibility index (Phi) is 6.11. The predicted octanol–water partition coefficient (Wildman–Crippen LogP) is 4.02. The number of hydrazone groups is 1. The lowest BCUT2D eigenvalue weighted by atomic mass is 10.0. The molecule has 28 heavy (non-hydrogen) atoms. The van der Waals surface area contributed by atoms with Gasteiger partial charge in [-0.25, -0.2) is 5.43 Å². The van der Waals surface area contributed by atoms with E-state index in [-0.39, 0.29) is 5.91 Å². The van der Waals surface area contributed by atoms with E-state index in [4.69, 9.17) is 14.2 Å². The van der Waals surface area contributed by atoms with Crippen molar-refractivity contribution < 1.29 is 19.0 Å². The molecule has 0 bridgehead atoms. The van der Waals surface area contributed by atoms with Crippen molar-refractivity contribution in [1.82, 2.24) is 5.43 Å². The second-order valence-corrected chi connectivity index (χ2v) is 5.90. The summed E-state index contributed by atoms with van der Waals surface area (Å²) in [4.78, 5) is 12.4. The predicted molar refractivity (Wildman–Crippen MR) is 110 cm³/mol. The number of methoxy groups -OCH3 is 2. The first kappa shape index (κ1) is 19.2. The lowest BCUT2D eigenvalue weighted by Crippen LogP contribution is -2.17. The van der Waals surface area contributed by atoms with Gasteiger partial charge in [0, 0.05) is 11.1 Å². The van der Waals surface area contributed by atoms with Gasteiger partial charge < -0.3 is 14.2 Å². The first-order valence-corrected chi connectivity index (χ1v) is 8.88. The van der Waals surface area contributed by atoms with Gasteiger partial charge in [-0.2, -0.15) is 5.10 Å². The average Bonchev–Trinajstić information content (AvgIpc) is 2.74. The number of nitrogens with zero attached hydrogens (tertiary/aromatic N) is 1. The Bertz CT molecular complexity index is 1010. The molecule has 0 aliphatic rings. The molecule has 0 atom stereocenters. The monoisotopic (exact) mass is 378 g/mol. The lowest BCUT2D eigenvalue weighted by Gasteiger charge is -2.10. The van der Waals surface area contributed by atoms with Gasteiger partial charge in [0.2, 0.25) is 0 Å². The van der Waals surface area contributed by atoms with Gasteiger partial charge in [0.1, 0.15) is 5.75 Å². The summed E-state index contributed by atoms with van der Waals surface area (Å²) in [7, 11) is 3.06. The Balaban J connectivity index is 1.84. The molecule has 0 aromatic heterocycles. The summed E-state index contributed by atoms with van der Waals surface area (Å²) < 4.78 is 16.1. The molecule has 0 aliphatic carbocycles. The summed E-state index contributed by atoms with van der Waals surface area (Å²) in [5.41, 5.74) is 3.78. The minimum Gasteiger partial charge on any atom is -0.493 e. The first-order valence-electron chi connectivity index (χ1n) is 8.88. The Morgan fingerprint density at radius 1 is 1.00 bits per heavy atom. The number of hydrogen-bond acceptors (Lipinski definition) is 5. The Morgan fingerprint density at radius 2 is 1.75 bits per heavy atom. The van der Waals surface area contributed by atoms with Crippen LogP contribution in [0.3, 0.4) is 0 Å². The van der Waals surface area contributed by atoms with Crippen molar-refractivity contribution in [2.45, 2.75) is 6.92 Å². The zero-order chi connectivity index (χ0) is 19.9. The molecule has 1 N–H and O–H groups in total. The maximum Gasteiger partial charge on any atom is 0.271 e. The Hall–Kier alpha value is -3.54. The molecule has 0 aliphatic heterocycles. The summed E-state index contributed by atoms with van der Waals surface area (Å²) in [5, 5.41) is 6.20. The van der Waals surface area contributed by atoms with Gasteiger partial charge >= 0.3 is 0 Å². The zero-order valence-corrected chi connectivity index (χ0v) is 16.1.